The molecule has 17 heavy (non-hydrogen) atoms. The van der Waals surface area contributed by atoms with E-state index in [2.05, 4.69) is 0 Å². The van der Waals surface area contributed by atoms with Gasteiger partial charge in [-0.25, -0.2) is 4.39 Å². The van der Waals surface area contributed by atoms with Crippen molar-refractivity contribution in [1.82, 2.24) is 0 Å². The van der Waals surface area contributed by atoms with Crippen LogP contribution in [0.4, 0.5) is 4.39 Å². The van der Waals surface area contributed by atoms with Gasteiger partial charge in [0, 0.05) is 9.79 Å². The summed E-state index contributed by atoms with van der Waals surface area (Å²) in [5.41, 5.74) is 0.891. The molecule has 0 aliphatic heterocycles. The molecule has 0 fully saturated rings. The highest BCUT2D eigenvalue weighted by atomic mass is 32.2. The Morgan fingerprint density at radius 2 is 1.71 bits per heavy atom. The summed E-state index contributed by atoms with van der Waals surface area (Å²) in [6.07, 6.45) is -0.501. The third-order valence-corrected chi connectivity index (χ3v) is 3.51. The lowest BCUT2D eigenvalue weighted by Crippen LogP contribution is -1.93. The van der Waals surface area contributed by atoms with E-state index in [-0.39, 0.29) is 5.82 Å². The largest absolute Gasteiger partial charge is 0.389 e. The van der Waals surface area contributed by atoms with Gasteiger partial charge in [0.25, 0.3) is 0 Å². The van der Waals surface area contributed by atoms with E-state index < -0.39 is 6.10 Å². The summed E-state index contributed by atoms with van der Waals surface area (Å²) in [6, 6.07) is 14.0. The molecule has 0 saturated carbocycles. The van der Waals surface area contributed by atoms with Gasteiger partial charge < -0.3 is 5.11 Å². The zero-order valence-electron chi connectivity index (χ0n) is 9.43. The molecule has 0 saturated heterocycles. The summed E-state index contributed by atoms with van der Waals surface area (Å²) in [6.45, 7) is 1.74. The van der Waals surface area contributed by atoms with Crippen molar-refractivity contribution < 1.29 is 9.50 Å². The van der Waals surface area contributed by atoms with Gasteiger partial charge >= 0.3 is 0 Å². The van der Waals surface area contributed by atoms with E-state index in [0.29, 0.717) is 0 Å². The molecule has 1 nitrogen and oxygen atoms in total. The van der Waals surface area contributed by atoms with Crippen LogP contribution in [0.3, 0.4) is 0 Å². The average molecular weight is 248 g/mol. The fraction of sp³-hybridized carbons (Fsp3) is 0.143. The van der Waals surface area contributed by atoms with Crippen molar-refractivity contribution in [2.75, 3.05) is 0 Å². The maximum atomic E-state index is 12.8. The fourth-order valence-corrected chi connectivity index (χ4v) is 2.58. The van der Waals surface area contributed by atoms with Crippen LogP contribution in [0.25, 0.3) is 0 Å². The standard InChI is InChI=1S/C14H13FOS/c1-10(16)13-4-2-3-5-14(13)17-12-8-6-11(15)7-9-12/h2-10,16H,1H3. The Bertz CT molecular complexity index is 494. The van der Waals surface area contributed by atoms with Crippen molar-refractivity contribution in [2.24, 2.45) is 0 Å². The molecule has 0 bridgehead atoms. The highest BCUT2D eigenvalue weighted by molar-refractivity contribution is 7.99. The van der Waals surface area contributed by atoms with Crippen LogP contribution in [-0.2, 0) is 0 Å². The summed E-state index contributed by atoms with van der Waals surface area (Å²) in [5, 5.41) is 9.65. The lowest BCUT2D eigenvalue weighted by Gasteiger charge is -2.11. The van der Waals surface area contributed by atoms with E-state index in [1.54, 1.807) is 19.1 Å². The van der Waals surface area contributed by atoms with Crippen molar-refractivity contribution in [2.45, 2.75) is 22.8 Å². The summed E-state index contributed by atoms with van der Waals surface area (Å²) in [5.74, 6) is -0.238. The average Bonchev–Trinajstić information content (AvgIpc) is 2.32. The van der Waals surface area contributed by atoms with E-state index in [0.717, 1.165) is 15.4 Å². The minimum atomic E-state index is -0.501. The zero-order chi connectivity index (χ0) is 12.3. The summed E-state index contributed by atoms with van der Waals surface area (Å²) >= 11 is 1.52. The molecule has 0 aliphatic rings. The lowest BCUT2D eigenvalue weighted by atomic mass is 10.1. The molecule has 2 rings (SSSR count). The monoisotopic (exact) mass is 248 g/mol. The molecule has 2 aromatic carbocycles. The third-order valence-electron chi connectivity index (χ3n) is 2.41. The van der Waals surface area contributed by atoms with Gasteiger partial charge in [-0.1, -0.05) is 30.0 Å². The number of halogens is 1. The number of rotatable bonds is 3. The molecule has 1 unspecified atom stereocenters. The van der Waals surface area contributed by atoms with Gasteiger partial charge in [0.2, 0.25) is 0 Å². The number of benzene rings is 2. The second-order valence-electron chi connectivity index (χ2n) is 3.77. The Labute approximate surface area is 104 Å². The molecule has 88 valence electrons. The summed E-state index contributed by atoms with van der Waals surface area (Å²) < 4.78 is 12.8. The quantitative estimate of drug-likeness (QED) is 0.885. The topological polar surface area (TPSA) is 20.2 Å². The van der Waals surface area contributed by atoms with Crippen molar-refractivity contribution >= 4 is 11.8 Å². The number of aliphatic hydroxyl groups is 1. The minimum absolute atomic E-state index is 0.238. The van der Waals surface area contributed by atoms with Crippen LogP contribution < -0.4 is 0 Å². The summed E-state index contributed by atoms with van der Waals surface area (Å²) in [4.78, 5) is 1.95. The van der Waals surface area contributed by atoms with E-state index in [1.807, 2.05) is 24.3 Å². The lowest BCUT2D eigenvalue weighted by molar-refractivity contribution is 0.196. The Morgan fingerprint density at radius 1 is 1.06 bits per heavy atom. The fourth-order valence-electron chi connectivity index (χ4n) is 1.55. The van der Waals surface area contributed by atoms with Crippen molar-refractivity contribution in [3.05, 3.63) is 59.9 Å². The van der Waals surface area contributed by atoms with E-state index in [4.69, 9.17) is 0 Å². The third kappa shape index (κ3) is 3.08. The van der Waals surface area contributed by atoms with Crippen LogP contribution >= 0.6 is 11.8 Å². The van der Waals surface area contributed by atoms with Gasteiger partial charge in [0.15, 0.2) is 0 Å². The van der Waals surface area contributed by atoms with Crippen LogP contribution in [0.15, 0.2) is 58.3 Å². The first-order valence-electron chi connectivity index (χ1n) is 5.37. The maximum Gasteiger partial charge on any atom is 0.123 e. The Hall–Kier alpha value is -1.32. The molecule has 3 heteroatoms. The van der Waals surface area contributed by atoms with E-state index in [9.17, 15) is 9.50 Å². The minimum Gasteiger partial charge on any atom is -0.389 e. The molecule has 2 aromatic rings. The highest BCUT2D eigenvalue weighted by Gasteiger charge is 2.08. The second-order valence-corrected chi connectivity index (χ2v) is 4.89. The Morgan fingerprint density at radius 3 is 2.35 bits per heavy atom. The van der Waals surface area contributed by atoms with Gasteiger partial charge in [0.1, 0.15) is 5.82 Å². The van der Waals surface area contributed by atoms with Gasteiger partial charge in [-0.2, -0.15) is 0 Å². The highest BCUT2D eigenvalue weighted by Crippen LogP contribution is 2.33. The Balaban J connectivity index is 2.26. The Kier molecular flexibility index (Phi) is 3.82. The van der Waals surface area contributed by atoms with Gasteiger partial charge in [0.05, 0.1) is 6.10 Å². The molecule has 0 heterocycles. The normalized spacial score (nSPS) is 12.4. The first kappa shape index (κ1) is 12.1. The number of hydrogen-bond donors (Lipinski definition) is 1. The predicted octanol–water partition coefficient (Wildman–Crippen LogP) is 4.03. The first-order valence-corrected chi connectivity index (χ1v) is 6.19. The molecule has 1 atom stereocenters. The number of hydrogen-bond acceptors (Lipinski definition) is 2. The van der Waals surface area contributed by atoms with E-state index in [1.165, 1.54) is 23.9 Å². The molecule has 0 aromatic heterocycles. The molecule has 0 aliphatic carbocycles. The van der Waals surface area contributed by atoms with E-state index >= 15 is 0 Å². The summed E-state index contributed by atoms with van der Waals surface area (Å²) in [7, 11) is 0. The number of aliphatic hydroxyl groups excluding tert-OH is 1. The first-order chi connectivity index (χ1) is 8.16. The van der Waals surface area contributed by atoms with Crippen LogP contribution in [0.5, 0.6) is 0 Å². The van der Waals surface area contributed by atoms with Crippen LogP contribution in [0.1, 0.15) is 18.6 Å². The molecule has 0 spiro atoms. The maximum absolute atomic E-state index is 12.8. The molecular formula is C14H13FOS. The predicted molar refractivity (Wildman–Crippen MR) is 67.6 cm³/mol. The molecule has 0 radical (unpaired) electrons. The SMILES string of the molecule is CC(O)c1ccccc1Sc1ccc(F)cc1. The smallest absolute Gasteiger partial charge is 0.123 e. The van der Waals surface area contributed by atoms with Gasteiger partial charge in [-0.05, 0) is 42.8 Å². The van der Waals surface area contributed by atoms with Crippen molar-refractivity contribution in [3.8, 4) is 0 Å². The van der Waals surface area contributed by atoms with Crippen LogP contribution in [0.2, 0.25) is 0 Å². The molecule has 1 N–H and O–H groups in total. The van der Waals surface area contributed by atoms with Crippen LogP contribution in [0, 0.1) is 5.82 Å². The second kappa shape index (κ2) is 5.34. The van der Waals surface area contributed by atoms with Gasteiger partial charge in [-0.15, -0.1) is 0 Å². The van der Waals surface area contributed by atoms with Crippen molar-refractivity contribution in [3.63, 3.8) is 0 Å². The van der Waals surface area contributed by atoms with Crippen LogP contribution in [-0.4, -0.2) is 5.11 Å². The van der Waals surface area contributed by atoms with Crippen molar-refractivity contribution in [1.29, 1.82) is 0 Å². The van der Waals surface area contributed by atoms with Gasteiger partial charge in [-0.3, -0.25) is 0 Å². The zero-order valence-corrected chi connectivity index (χ0v) is 10.2. The molecular weight excluding hydrogens is 235 g/mol. The molecule has 0 amide bonds.